The third kappa shape index (κ3) is 4.19. The minimum atomic E-state index is 1.14. The number of aryl methyl sites for hydroxylation is 1. The lowest BCUT2D eigenvalue weighted by molar-refractivity contribution is 1.28. The summed E-state index contributed by atoms with van der Waals surface area (Å²) < 4.78 is 0. The summed E-state index contributed by atoms with van der Waals surface area (Å²) in [5.74, 6) is 0. The van der Waals surface area contributed by atoms with Gasteiger partial charge in [0.05, 0.1) is 0 Å². The van der Waals surface area contributed by atoms with Crippen LogP contribution in [0.4, 0.5) is 17.1 Å². The predicted molar refractivity (Wildman–Crippen MR) is 137 cm³/mol. The molecule has 0 atom stereocenters. The first-order valence-corrected chi connectivity index (χ1v) is 11.0. The minimum Gasteiger partial charge on any atom is -0.311 e. The van der Waals surface area contributed by atoms with Crippen molar-refractivity contribution in [3.05, 3.63) is 139 Å². The largest absolute Gasteiger partial charge is 0.311 e. The maximum Gasteiger partial charge on any atom is 0.0462 e. The molecule has 0 aliphatic heterocycles. The van der Waals surface area contributed by atoms with E-state index in [1.807, 2.05) is 0 Å². The summed E-state index contributed by atoms with van der Waals surface area (Å²) in [6, 6.07) is 47.3. The van der Waals surface area contributed by atoms with Crippen molar-refractivity contribution in [3.63, 3.8) is 0 Å². The Balaban J connectivity index is 1.49. The van der Waals surface area contributed by atoms with Gasteiger partial charge in [-0.1, -0.05) is 96.6 Å². The summed E-state index contributed by atoms with van der Waals surface area (Å²) in [5, 5.41) is 0. The second kappa shape index (κ2) is 8.95. The van der Waals surface area contributed by atoms with E-state index in [1.165, 1.54) is 27.8 Å². The van der Waals surface area contributed by atoms with Crippen molar-refractivity contribution in [2.45, 2.75) is 6.92 Å². The molecular formula is C31H25N. The van der Waals surface area contributed by atoms with Gasteiger partial charge in [-0.2, -0.15) is 0 Å². The summed E-state index contributed by atoms with van der Waals surface area (Å²) in [6.07, 6.45) is 0. The molecule has 1 heteroatoms. The first kappa shape index (κ1) is 19.8. The number of hydrogen-bond acceptors (Lipinski definition) is 1. The number of anilines is 3. The number of rotatable bonds is 5. The summed E-state index contributed by atoms with van der Waals surface area (Å²) in [4.78, 5) is 2.28. The fourth-order valence-electron chi connectivity index (χ4n) is 4.03. The predicted octanol–water partition coefficient (Wildman–Crippen LogP) is 8.80. The van der Waals surface area contributed by atoms with Crippen LogP contribution in [0.25, 0.3) is 22.3 Å². The van der Waals surface area contributed by atoms with Crippen LogP contribution in [-0.4, -0.2) is 0 Å². The van der Waals surface area contributed by atoms with Crippen molar-refractivity contribution >= 4 is 17.1 Å². The molecular weight excluding hydrogens is 386 g/mol. The van der Waals surface area contributed by atoms with Crippen LogP contribution in [0.2, 0.25) is 0 Å². The Hall–Kier alpha value is -4.10. The Bertz CT molecular complexity index is 1250. The van der Waals surface area contributed by atoms with E-state index in [-0.39, 0.29) is 0 Å². The molecule has 32 heavy (non-hydrogen) atoms. The summed E-state index contributed by atoms with van der Waals surface area (Å²) in [7, 11) is 0. The van der Waals surface area contributed by atoms with E-state index in [9.17, 15) is 0 Å². The van der Waals surface area contributed by atoms with Gasteiger partial charge < -0.3 is 4.90 Å². The van der Waals surface area contributed by atoms with Gasteiger partial charge in [-0.25, -0.2) is 0 Å². The highest BCUT2D eigenvalue weighted by molar-refractivity contribution is 5.79. The standard InChI is InChI=1S/C31H25N/c1-24-15-17-25(18-16-24)27-9-8-10-28(23-27)26-19-21-31(22-20-26)32(29-11-4-2-5-12-29)30-13-6-3-7-14-30/h2-23H,1H3. The molecule has 0 spiro atoms. The molecule has 0 aliphatic carbocycles. The first-order chi connectivity index (χ1) is 15.8. The van der Waals surface area contributed by atoms with E-state index in [1.54, 1.807) is 0 Å². The van der Waals surface area contributed by atoms with Crippen LogP contribution in [0.15, 0.2) is 133 Å². The summed E-state index contributed by atoms with van der Waals surface area (Å²) in [5.41, 5.74) is 9.63. The smallest absolute Gasteiger partial charge is 0.0462 e. The lowest BCUT2D eigenvalue weighted by Crippen LogP contribution is -2.09. The van der Waals surface area contributed by atoms with E-state index < -0.39 is 0 Å². The second-order valence-electron chi connectivity index (χ2n) is 8.00. The lowest BCUT2D eigenvalue weighted by Gasteiger charge is -2.25. The Morgan fingerprint density at radius 1 is 0.375 bits per heavy atom. The van der Waals surface area contributed by atoms with Crippen molar-refractivity contribution < 1.29 is 0 Å². The molecule has 0 unspecified atom stereocenters. The maximum absolute atomic E-state index is 2.28. The Kier molecular flexibility index (Phi) is 5.55. The molecule has 0 N–H and O–H groups in total. The van der Waals surface area contributed by atoms with Crippen LogP contribution >= 0.6 is 0 Å². The summed E-state index contributed by atoms with van der Waals surface area (Å²) in [6.45, 7) is 2.12. The molecule has 0 amide bonds. The van der Waals surface area contributed by atoms with Gasteiger partial charge in [0.25, 0.3) is 0 Å². The molecule has 0 aromatic heterocycles. The van der Waals surface area contributed by atoms with Crippen LogP contribution < -0.4 is 4.90 Å². The zero-order valence-electron chi connectivity index (χ0n) is 18.1. The highest BCUT2D eigenvalue weighted by Gasteiger charge is 2.12. The zero-order valence-corrected chi connectivity index (χ0v) is 18.1. The van der Waals surface area contributed by atoms with Crippen LogP contribution in [-0.2, 0) is 0 Å². The maximum atomic E-state index is 2.28. The molecule has 5 rings (SSSR count). The van der Waals surface area contributed by atoms with E-state index in [0.29, 0.717) is 0 Å². The molecule has 0 saturated heterocycles. The molecule has 0 aliphatic rings. The van der Waals surface area contributed by atoms with Gasteiger partial charge in [-0.15, -0.1) is 0 Å². The van der Waals surface area contributed by atoms with Gasteiger partial charge in [0.1, 0.15) is 0 Å². The number of para-hydroxylation sites is 2. The van der Waals surface area contributed by atoms with Crippen molar-refractivity contribution in [2.75, 3.05) is 4.90 Å². The monoisotopic (exact) mass is 411 g/mol. The molecule has 0 heterocycles. The van der Waals surface area contributed by atoms with Gasteiger partial charge in [-0.05, 0) is 71.6 Å². The van der Waals surface area contributed by atoms with Gasteiger partial charge in [0.15, 0.2) is 0 Å². The highest BCUT2D eigenvalue weighted by atomic mass is 15.1. The zero-order chi connectivity index (χ0) is 21.8. The Morgan fingerprint density at radius 3 is 1.31 bits per heavy atom. The van der Waals surface area contributed by atoms with Crippen molar-refractivity contribution in [3.8, 4) is 22.3 Å². The van der Waals surface area contributed by atoms with E-state index >= 15 is 0 Å². The molecule has 0 fully saturated rings. The average molecular weight is 412 g/mol. The van der Waals surface area contributed by atoms with Crippen LogP contribution in [0.5, 0.6) is 0 Å². The van der Waals surface area contributed by atoms with E-state index in [0.717, 1.165) is 17.1 Å². The molecule has 0 saturated carbocycles. The Morgan fingerprint density at radius 2 is 0.812 bits per heavy atom. The topological polar surface area (TPSA) is 3.24 Å². The van der Waals surface area contributed by atoms with Crippen molar-refractivity contribution in [1.29, 1.82) is 0 Å². The van der Waals surface area contributed by atoms with Crippen LogP contribution in [0.1, 0.15) is 5.56 Å². The normalized spacial score (nSPS) is 10.7. The molecule has 0 bridgehead atoms. The highest BCUT2D eigenvalue weighted by Crippen LogP contribution is 2.35. The molecule has 5 aromatic carbocycles. The van der Waals surface area contributed by atoms with Gasteiger partial charge in [-0.3, -0.25) is 0 Å². The second-order valence-corrected chi connectivity index (χ2v) is 8.00. The Labute approximate surface area is 190 Å². The lowest BCUT2D eigenvalue weighted by atomic mass is 9.98. The third-order valence-electron chi connectivity index (χ3n) is 5.74. The number of benzene rings is 5. The van der Waals surface area contributed by atoms with Crippen molar-refractivity contribution in [1.82, 2.24) is 0 Å². The molecule has 5 aromatic rings. The summed E-state index contributed by atoms with van der Waals surface area (Å²) >= 11 is 0. The van der Waals surface area contributed by atoms with Gasteiger partial charge >= 0.3 is 0 Å². The third-order valence-corrected chi connectivity index (χ3v) is 5.74. The fourth-order valence-corrected chi connectivity index (χ4v) is 4.03. The van der Waals surface area contributed by atoms with E-state index in [2.05, 4.69) is 145 Å². The molecule has 154 valence electrons. The first-order valence-electron chi connectivity index (χ1n) is 11.0. The quantitative estimate of drug-likeness (QED) is 0.279. The molecule has 1 nitrogen and oxygen atoms in total. The average Bonchev–Trinajstić information content (AvgIpc) is 2.87. The SMILES string of the molecule is Cc1ccc(-c2cccc(-c3ccc(N(c4ccccc4)c4ccccc4)cc3)c2)cc1. The number of hydrogen-bond donors (Lipinski definition) is 0. The minimum absolute atomic E-state index is 1.14. The number of nitrogens with zero attached hydrogens (tertiary/aromatic N) is 1. The van der Waals surface area contributed by atoms with Crippen molar-refractivity contribution in [2.24, 2.45) is 0 Å². The van der Waals surface area contributed by atoms with Gasteiger partial charge in [0.2, 0.25) is 0 Å². The molecule has 0 radical (unpaired) electrons. The van der Waals surface area contributed by atoms with Crippen LogP contribution in [0.3, 0.4) is 0 Å². The van der Waals surface area contributed by atoms with E-state index in [4.69, 9.17) is 0 Å². The van der Waals surface area contributed by atoms with Crippen LogP contribution in [0, 0.1) is 6.92 Å². The fraction of sp³-hybridized carbons (Fsp3) is 0.0323. The van der Waals surface area contributed by atoms with Gasteiger partial charge in [0, 0.05) is 17.1 Å².